The van der Waals surface area contributed by atoms with Gasteiger partial charge in [-0.3, -0.25) is 19.5 Å². The molecule has 28 heavy (non-hydrogen) atoms. The molecule has 11 heteroatoms. The molecule has 0 saturated heterocycles. The summed E-state index contributed by atoms with van der Waals surface area (Å²) in [7, 11) is -0.928. The Bertz CT molecular complexity index is 1300. The Morgan fingerprint density at radius 1 is 1.11 bits per heavy atom. The van der Waals surface area contributed by atoms with Gasteiger partial charge in [-0.2, -0.15) is 5.10 Å². The van der Waals surface area contributed by atoms with Gasteiger partial charge in [0.2, 0.25) is 5.91 Å². The molecule has 148 valence electrons. The minimum absolute atomic E-state index is 0.0305. The van der Waals surface area contributed by atoms with Crippen molar-refractivity contribution < 1.29 is 13.2 Å². The van der Waals surface area contributed by atoms with Gasteiger partial charge in [-0.05, 0) is 25.1 Å². The minimum atomic E-state index is -3.78. The zero-order valence-electron chi connectivity index (χ0n) is 15.5. The monoisotopic (exact) mass is 405 g/mol. The summed E-state index contributed by atoms with van der Waals surface area (Å²) < 4.78 is 27.5. The van der Waals surface area contributed by atoms with E-state index in [1.54, 1.807) is 13.0 Å². The maximum absolute atomic E-state index is 12.6. The van der Waals surface area contributed by atoms with Crippen LogP contribution in [0.3, 0.4) is 0 Å². The van der Waals surface area contributed by atoms with Crippen molar-refractivity contribution >= 4 is 32.6 Å². The Kier molecular flexibility index (Phi) is 4.94. The van der Waals surface area contributed by atoms with Crippen molar-refractivity contribution in [2.75, 3.05) is 11.1 Å². The molecule has 2 heterocycles. The molecular formula is C17H19N5O5S. The van der Waals surface area contributed by atoms with Gasteiger partial charge in [0.25, 0.3) is 0 Å². The number of nitrogens with zero attached hydrogens (tertiary/aromatic N) is 3. The smallest absolute Gasteiger partial charge is 0.309 e. The van der Waals surface area contributed by atoms with Crippen LogP contribution >= 0.6 is 0 Å². The molecule has 2 aromatic heterocycles. The van der Waals surface area contributed by atoms with Crippen LogP contribution in [0.15, 0.2) is 38.8 Å². The number of aryl methyl sites for hydroxylation is 3. The number of amides is 1. The molecule has 1 amide bonds. The standard InChI is InChI=1S/C17H19N5O5S/c1-10-8-14(20-19-10)18-15(23)6-7-28(26,27)11-4-5-12-13(9-11)22(3)17(25)16(24)21(12)2/h4-5,8-9H,6-7H2,1-3H3,(H2,18,19,20,23). The Morgan fingerprint density at radius 3 is 2.36 bits per heavy atom. The highest BCUT2D eigenvalue weighted by Crippen LogP contribution is 2.18. The lowest BCUT2D eigenvalue weighted by molar-refractivity contribution is -0.115. The third kappa shape index (κ3) is 3.60. The molecule has 2 N–H and O–H groups in total. The molecule has 0 unspecified atom stereocenters. The van der Waals surface area contributed by atoms with E-state index in [0.717, 1.165) is 10.3 Å². The van der Waals surface area contributed by atoms with Crippen LogP contribution in [0.4, 0.5) is 5.82 Å². The van der Waals surface area contributed by atoms with Crippen molar-refractivity contribution in [3.05, 3.63) is 50.7 Å². The Balaban J connectivity index is 1.85. The molecular weight excluding hydrogens is 386 g/mol. The van der Waals surface area contributed by atoms with Crippen molar-refractivity contribution in [1.82, 2.24) is 19.3 Å². The quantitative estimate of drug-likeness (QED) is 0.577. The first kappa shape index (κ1) is 19.5. The van der Waals surface area contributed by atoms with E-state index >= 15 is 0 Å². The molecule has 0 aliphatic carbocycles. The molecule has 3 rings (SSSR count). The number of nitrogens with one attached hydrogen (secondary N) is 2. The van der Waals surface area contributed by atoms with Crippen LogP contribution in [0.1, 0.15) is 12.1 Å². The number of aromatic amines is 1. The number of sulfone groups is 1. The van der Waals surface area contributed by atoms with Crippen LogP contribution in [0.25, 0.3) is 11.0 Å². The largest absolute Gasteiger partial charge is 0.316 e. The molecule has 0 atom stereocenters. The SMILES string of the molecule is Cc1cc(NC(=O)CCS(=O)(=O)c2ccc3c(c2)n(C)c(=O)c(=O)n3C)n[nH]1. The van der Waals surface area contributed by atoms with Crippen LogP contribution in [0, 0.1) is 6.92 Å². The number of carbonyl (C=O) groups excluding carboxylic acids is 1. The maximum Gasteiger partial charge on any atom is 0.316 e. The zero-order valence-corrected chi connectivity index (χ0v) is 16.3. The van der Waals surface area contributed by atoms with Crippen LogP contribution < -0.4 is 16.4 Å². The highest BCUT2D eigenvalue weighted by atomic mass is 32.2. The Morgan fingerprint density at radius 2 is 1.75 bits per heavy atom. The predicted octanol–water partition coefficient (Wildman–Crippen LogP) is 0.0712. The fraction of sp³-hybridized carbons (Fsp3) is 0.294. The lowest BCUT2D eigenvalue weighted by Crippen LogP contribution is -2.39. The van der Waals surface area contributed by atoms with Crippen LogP contribution in [-0.2, 0) is 28.7 Å². The number of benzene rings is 1. The second-order valence-corrected chi connectivity index (χ2v) is 8.54. The molecule has 0 saturated carbocycles. The number of fused-ring (bicyclic) bond motifs is 1. The summed E-state index contributed by atoms with van der Waals surface area (Å²) in [5.74, 6) is -0.569. The fourth-order valence-corrected chi connectivity index (χ4v) is 4.04. The van der Waals surface area contributed by atoms with Gasteiger partial charge >= 0.3 is 11.1 Å². The van der Waals surface area contributed by atoms with E-state index in [1.165, 1.54) is 36.9 Å². The Labute approximate surface area is 159 Å². The summed E-state index contributed by atoms with van der Waals surface area (Å²) in [4.78, 5) is 35.8. The van der Waals surface area contributed by atoms with Gasteiger partial charge in [-0.15, -0.1) is 0 Å². The average Bonchev–Trinajstić information content (AvgIpc) is 3.07. The molecule has 0 aliphatic heterocycles. The normalized spacial score (nSPS) is 11.7. The van der Waals surface area contributed by atoms with Crippen LogP contribution in [0.2, 0.25) is 0 Å². The van der Waals surface area contributed by atoms with E-state index in [0.29, 0.717) is 16.9 Å². The van der Waals surface area contributed by atoms with Crippen molar-refractivity contribution in [3.63, 3.8) is 0 Å². The first-order chi connectivity index (χ1) is 13.1. The second kappa shape index (κ2) is 7.08. The summed E-state index contributed by atoms with van der Waals surface area (Å²) in [5.41, 5.74) is 0.0514. The zero-order chi connectivity index (χ0) is 20.6. The van der Waals surface area contributed by atoms with E-state index in [2.05, 4.69) is 15.5 Å². The summed E-state index contributed by atoms with van der Waals surface area (Å²) >= 11 is 0. The summed E-state index contributed by atoms with van der Waals surface area (Å²) in [5, 5.41) is 9.05. The lowest BCUT2D eigenvalue weighted by Gasteiger charge is -2.11. The molecule has 3 aromatic rings. The van der Waals surface area contributed by atoms with Crippen molar-refractivity contribution in [2.24, 2.45) is 14.1 Å². The van der Waals surface area contributed by atoms with Gasteiger partial charge in [-0.1, -0.05) is 0 Å². The topological polar surface area (TPSA) is 136 Å². The second-order valence-electron chi connectivity index (χ2n) is 6.43. The molecule has 0 aliphatic rings. The molecule has 0 fully saturated rings. The molecule has 10 nitrogen and oxygen atoms in total. The van der Waals surface area contributed by atoms with E-state index in [9.17, 15) is 22.8 Å². The third-order valence-electron chi connectivity index (χ3n) is 4.39. The van der Waals surface area contributed by atoms with E-state index in [-0.39, 0.29) is 11.3 Å². The Hall–Kier alpha value is -3.21. The van der Waals surface area contributed by atoms with Gasteiger partial charge in [-0.25, -0.2) is 8.42 Å². The highest BCUT2D eigenvalue weighted by molar-refractivity contribution is 7.91. The van der Waals surface area contributed by atoms with Gasteiger partial charge in [0.1, 0.15) is 0 Å². The number of rotatable bonds is 5. The fourth-order valence-electron chi connectivity index (χ4n) is 2.79. The molecule has 1 aromatic carbocycles. The van der Waals surface area contributed by atoms with Crippen molar-refractivity contribution in [1.29, 1.82) is 0 Å². The lowest BCUT2D eigenvalue weighted by atomic mass is 10.3. The van der Waals surface area contributed by atoms with Crippen LogP contribution in [-0.4, -0.2) is 39.4 Å². The minimum Gasteiger partial charge on any atom is -0.309 e. The van der Waals surface area contributed by atoms with E-state index < -0.39 is 32.6 Å². The van der Waals surface area contributed by atoms with E-state index in [1.807, 2.05) is 0 Å². The molecule has 0 bridgehead atoms. The molecule has 0 radical (unpaired) electrons. The summed E-state index contributed by atoms with van der Waals surface area (Å²) in [6.45, 7) is 1.77. The first-order valence-corrected chi connectivity index (χ1v) is 10.00. The number of carbonyl (C=O) groups is 1. The predicted molar refractivity (Wildman–Crippen MR) is 103 cm³/mol. The summed E-state index contributed by atoms with van der Waals surface area (Å²) in [6, 6.07) is 5.78. The van der Waals surface area contributed by atoms with Gasteiger partial charge in [0, 0.05) is 32.3 Å². The number of H-pyrrole nitrogens is 1. The van der Waals surface area contributed by atoms with Crippen molar-refractivity contribution in [2.45, 2.75) is 18.2 Å². The summed E-state index contributed by atoms with van der Waals surface area (Å²) in [6.07, 6.45) is -0.252. The highest BCUT2D eigenvalue weighted by Gasteiger charge is 2.19. The number of hydrogen-bond acceptors (Lipinski definition) is 6. The number of anilines is 1. The van der Waals surface area contributed by atoms with Gasteiger partial charge < -0.3 is 14.5 Å². The number of aromatic nitrogens is 4. The average molecular weight is 405 g/mol. The van der Waals surface area contributed by atoms with Crippen molar-refractivity contribution in [3.8, 4) is 0 Å². The van der Waals surface area contributed by atoms with E-state index in [4.69, 9.17) is 0 Å². The van der Waals surface area contributed by atoms with Gasteiger partial charge in [0.05, 0.1) is 21.7 Å². The third-order valence-corrected chi connectivity index (χ3v) is 6.11. The van der Waals surface area contributed by atoms with Crippen LogP contribution in [0.5, 0.6) is 0 Å². The maximum atomic E-state index is 12.6. The first-order valence-electron chi connectivity index (χ1n) is 8.34. The molecule has 0 spiro atoms. The number of hydrogen-bond donors (Lipinski definition) is 2. The van der Waals surface area contributed by atoms with Gasteiger partial charge in [0.15, 0.2) is 15.7 Å².